The number of carbonyl (C=O) groups excluding carboxylic acids is 2. The summed E-state index contributed by atoms with van der Waals surface area (Å²) < 4.78 is 5.42. The van der Waals surface area contributed by atoms with Crippen molar-refractivity contribution < 1.29 is 14.3 Å². The third kappa shape index (κ3) is 5.81. The molecule has 2 aromatic carbocycles. The fourth-order valence-electron chi connectivity index (χ4n) is 3.03. The molecule has 1 aliphatic rings. The van der Waals surface area contributed by atoms with Crippen LogP contribution in [0.4, 0.5) is 11.4 Å². The second-order valence-electron chi connectivity index (χ2n) is 6.90. The lowest BCUT2D eigenvalue weighted by Gasteiger charge is -2.16. The lowest BCUT2D eigenvalue weighted by atomic mass is 10.1. The van der Waals surface area contributed by atoms with Crippen LogP contribution in [-0.4, -0.2) is 37.8 Å². The van der Waals surface area contributed by atoms with Crippen molar-refractivity contribution in [3.8, 4) is 5.75 Å². The van der Waals surface area contributed by atoms with E-state index >= 15 is 0 Å². The Balaban J connectivity index is 1.68. The van der Waals surface area contributed by atoms with Gasteiger partial charge >= 0.3 is 0 Å². The number of aryl methyl sites for hydroxylation is 1. The van der Waals surface area contributed by atoms with Crippen LogP contribution < -0.4 is 20.7 Å². The first-order valence-corrected chi connectivity index (χ1v) is 9.68. The summed E-state index contributed by atoms with van der Waals surface area (Å²) in [5.74, 6) is 1.29. The Hall–Kier alpha value is -3.35. The molecule has 0 aliphatic carbocycles. The highest BCUT2D eigenvalue weighted by atomic mass is 16.5. The molecule has 152 valence electrons. The third-order valence-electron chi connectivity index (χ3n) is 4.58. The van der Waals surface area contributed by atoms with Crippen molar-refractivity contribution in [2.75, 3.05) is 30.8 Å². The minimum absolute atomic E-state index is 0.132. The van der Waals surface area contributed by atoms with Crippen LogP contribution in [0, 0.1) is 0 Å². The van der Waals surface area contributed by atoms with Gasteiger partial charge in [-0.1, -0.05) is 12.1 Å². The molecule has 0 radical (unpaired) electrons. The molecule has 0 atom stereocenters. The topological polar surface area (TPSA) is 91.8 Å². The predicted molar refractivity (Wildman–Crippen MR) is 115 cm³/mol. The van der Waals surface area contributed by atoms with E-state index in [1.807, 2.05) is 24.3 Å². The van der Waals surface area contributed by atoms with E-state index in [4.69, 9.17) is 4.74 Å². The molecule has 1 amide bonds. The summed E-state index contributed by atoms with van der Waals surface area (Å²) in [5.41, 5.74) is 2.90. The number of guanidine groups is 1. The van der Waals surface area contributed by atoms with Crippen molar-refractivity contribution in [3.63, 3.8) is 0 Å². The molecule has 3 rings (SSSR count). The zero-order valence-electron chi connectivity index (χ0n) is 16.7. The van der Waals surface area contributed by atoms with Gasteiger partial charge in [0, 0.05) is 42.5 Å². The minimum atomic E-state index is -0.217. The normalized spacial score (nSPS) is 13.1. The molecule has 0 saturated carbocycles. The lowest BCUT2D eigenvalue weighted by molar-refractivity contribution is -0.116. The van der Waals surface area contributed by atoms with Gasteiger partial charge in [-0.3, -0.25) is 9.79 Å². The van der Waals surface area contributed by atoms with Crippen molar-refractivity contribution in [2.45, 2.75) is 26.2 Å². The van der Waals surface area contributed by atoms with E-state index in [2.05, 4.69) is 20.9 Å². The first-order valence-electron chi connectivity index (χ1n) is 9.68. The molecule has 1 heterocycles. The Labute approximate surface area is 170 Å². The van der Waals surface area contributed by atoms with E-state index in [0.29, 0.717) is 29.8 Å². The molecule has 7 nitrogen and oxygen atoms in total. The highest BCUT2D eigenvalue weighted by Gasteiger charge is 2.11. The summed E-state index contributed by atoms with van der Waals surface area (Å²) in [6, 6.07) is 12.7. The van der Waals surface area contributed by atoms with Crippen LogP contribution in [-0.2, 0) is 11.2 Å². The average molecular weight is 394 g/mol. The Bertz CT molecular complexity index is 924. The second kappa shape index (κ2) is 9.73. The largest absolute Gasteiger partial charge is 0.496 e. The van der Waals surface area contributed by atoms with Crippen LogP contribution in [0.15, 0.2) is 47.5 Å². The number of hydrogen-bond donors (Lipinski definition) is 3. The molecule has 0 aromatic heterocycles. The van der Waals surface area contributed by atoms with Crippen molar-refractivity contribution in [2.24, 2.45) is 4.99 Å². The quantitative estimate of drug-likeness (QED) is 0.671. The summed E-state index contributed by atoms with van der Waals surface area (Å²) in [6.07, 6.45) is 2.09. The van der Waals surface area contributed by atoms with Gasteiger partial charge in [-0.25, -0.2) is 0 Å². The van der Waals surface area contributed by atoms with Gasteiger partial charge in [0.25, 0.3) is 5.91 Å². The number of carbonyl (C=O) groups is 2. The fraction of sp³-hybridized carbons (Fsp3) is 0.318. The Kier molecular flexibility index (Phi) is 6.84. The van der Waals surface area contributed by atoms with Crippen molar-refractivity contribution in [1.82, 2.24) is 5.32 Å². The summed E-state index contributed by atoms with van der Waals surface area (Å²) >= 11 is 0. The molecular formula is C22H26N4O3. The summed E-state index contributed by atoms with van der Waals surface area (Å²) in [7, 11) is 1.58. The fourth-order valence-corrected chi connectivity index (χ4v) is 3.03. The standard InChI is InChI=1S/C22H26N4O3/c1-15(27)7-8-16-9-10-19(14-20(16)29-2)25-21(28)17-5-3-6-18(13-17)26-22-23-11-4-12-24-22/h3,5-6,9-10,13-14H,4,7-8,11-12H2,1-2H3,(H,25,28)(H2,23,24,26). The molecule has 2 aromatic rings. The first kappa shape index (κ1) is 20.4. The smallest absolute Gasteiger partial charge is 0.255 e. The predicted octanol–water partition coefficient (Wildman–Crippen LogP) is 3.23. The van der Waals surface area contributed by atoms with Gasteiger partial charge in [-0.2, -0.15) is 0 Å². The molecule has 29 heavy (non-hydrogen) atoms. The molecule has 7 heteroatoms. The highest BCUT2D eigenvalue weighted by Crippen LogP contribution is 2.25. The van der Waals surface area contributed by atoms with Gasteiger partial charge in [0.05, 0.1) is 7.11 Å². The van der Waals surface area contributed by atoms with Gasteiger partial charge in [-0.15, -0.1) is 0 Å². The number of nitrogens with zero attached hydrogens (tertiary/aromatic N) is 1. The van der Waals surface area contributed by atoms with Gasteiger partial charge in [0.1, 0.15) is 11.5 Å². The summed E-state index contributed by atoms with van der Waals surface area (Å²) in [6.45, 7) is 3.25. The molecule has 0 unspecified atom stereocenters. The Morgan fingerprint density at radius 2 is 2.03 bits per heavy atom. The van der Waals surface area contributed by atoms with E-state index in [0.717, 1.165) is 36.7 Å². The number of methoxy groups -OCH3 is 1. The number of anilines is 2. The van der Waals surface area contributed by atoms with Crippen LogP contribution in [0.1, 0.15) is 35.7 Å². The maximum atomic E-state index is 12.7. The number of ether oxygens (including phenoxy) is 1. The van der Waals surface area contributed by atoms with Crippen LogP contribution in [0.2, 0.25) is 0 Å². The van der Waals surface area contributed by atoms with E-state index in [-0.39, 0.29) is 11.7 Å². The summed E-state index contributed by atoms with van der Waals surface area (Å²) in [4.78, 5) is 28.3. The van der Waals surface area contributed by atoms with Crippen molar-refractivity contribution in [1.29, 1.82) is 0 Å². The number of hydrogen-bond acceptors (Lipinski definition) is 6. The Morgan fingerprint density at radius 3 is 2.76 bits per heavy atom. The number of benzene rings is 2. The van der Waals surface area contributed by atoms with Crippen LogP contribution in [0.3, 0.4) is 0 Å². The van der Waals surface area contributed by atoms with E-state index < -0.39 is 0 Å². The minimum Gasteiger partial charge on any atom is -0.496 e. The molecule has 0 bridgehead atoms. The number of ketones is 1. The van der Waals surface area contributed by atoms with Gasteiger partial charge in [0.2, 0.25) is 0 Å². The lowest BCUT2D eigenvalue weighted by Crippen LogP contribution is -2.35. The van der Waals surface area contributed by atoms with E-state index in [9.17, 15) is 9.59 Å². The number of nitrogens with one attached hydrogen (secondary N) is 3. The van der Waals surface area contributed by atoms with Gasteiger partial charge in [-0.05, 0) is 49.6 Å². The Morgan fingerprint density at radius 1 is 1.17 bits per heavy atom. The SMILES string of the molecule is COc1cc(NC(=O)c2cccc(NC3=NCCCN3)c2)ccc1CCC(C)=O. The maximum Gasteiger partial charge on any atom is 0.255 e. The van der Waals surface area contributed by atoms with Gasteiger partial charge < -0.3 is 25.5 Å². The van der Waals surface area contributed by atoms with Crippen LogP contribution in [0.5, 0.6) is 5.75 Å². The zero-order valence-corrected chi connectivity index (χ0v) is 16.7. The van der Waals surface area contributed by atoms with Crippen molar-refractivity contribution >= 4 is 29.0 Å². The molecule has 0 saturated heterocycles. The molecule has 1 aliphatic heterocycles. The summed E-state index contributed by atoms with van der Waals surface area (Å²) in [5, 5.41) is 9.29. The average Bonchev–Trinajstić information content (AvgIpc) is 2.73. The molecule has 0 fully saturated rings. The maximum absolute atomic E-state index is 12.7. The molecular weight excluding hydrogens is 368 g/mol. The monoisotopic (exact) mass is 394 g/mol. The highest BCUT2D eigenvalue weighted by molar-refractivity contribution is 6.05. The first-order chi connectivity index (χ1) is 14.0. The molecule has 0 spiro atoms. The number of amides is 1. The van der Waals surface area contributed by atoms with Crippen LogP contribution in [0.25, 0.3) is 0 Å². The number of Topliss-reactive ketones (excluding diaryl/α,β-unsaturated/α-hetero) is 1. The second-order valence-corrected chi connectivity index (χ2v) is 6.90. The van der Waals surface area contributed by atoms with E-state index in [1.54, 1.807) is 32.2 Å². The number of rotatable bonds is 7. The number of aliphatic imine (C=N–C) groups is 1. The van der Waals surface area contributed by atoms with E-state index in [1.165, 1.54) is 0 Å². The van der Waals surface area contributed by atoms with Crippen molar-refractivity contribution in [3.05, 3.63) is 53.6 Å². The zero-order chi connectivity index (χ0) is 20.6. The third-order valence-corrected chi connectivity index (χ3v) is 4.58. The van der Waals surface area contributed by atoms with Crippen LogP contribution >= 0.6 is 0 Å². The van der Waals surface area contributed by atoms with Gasteiger partial charge in [0.15, 0.2) is 5.96 Å². The molecule has 3 N–H and O–H groups in total.